The first-order valence-electron chi connectivity index (χ1n) is 6.12. The molecule has 0 amide bonds. The third-order valence-corrected chi connectivity index (χ3v) is 3.28. The van der Waals surface area contributed by atoms with Crippen molar-refractivity contribution in [3.05, 3.63) is 47.5 Å². The average Bonchev–Trinajstić information content (AvgIpc) is 3.16. The Balaban J connectivity index is 1.74. The summed E-state index contributed by atoms with van der Waals surface area (Å²) in [6.45, 7) is 0. The molecule has 0 spiro atoms. The summed E-state index contributed by atoms with van der Waals surface area (Å²) in [5, 5.41) is 12.2. The quantitative estimate of drug-likeness (QED) is 0.562. The fourth-order valence-corrected chi connectivity index (χ4v) is 2.10. The highest BCUT2D eigenvalue weighted by atomic mass is 35.5. The van der Waals surface area contributed by atoms with E-state index in [1.165, 1.54) is 0 Å². The van der Waals surface area contributed by atoms with E-state index in [2.05, 4.69) is 25.1 Å². The molecule has 2 aromatic heterocycles. The van der Waals surface area contributed by atoms with Crippen LogP contribution in [0.1, 0.15) is 0 Å². The predicted octanol–water partition coefficient (Wildman–Crippen LogP) is 3.59. The molecule has 0 aliphatic rings. The third-order valence-electron chi connectivity index (χ3n) is 3.03. The van der Waals surface area contributed by atoms with Crippen LogP contribution >= 0.6 is 11.6 Å². The molecular formula is C14H7ClN4O2. The van der Waals surface area contributed by atoms with Gasteiger partial charge in [0.2, 0.25) is 5.82 Å². The SMILES string of the molecule is Clc1ccc(-c2nc(-c3ccc4nonc4c3)no2)cc1. The number of nitrogens with zero attached hydrogens (tertiary/aromatic N) is 4. The molecule has 2 aromatic carbocycles. The maximum Gasteiger partial charge on any atom is 0.258 e. The van der Waals surface area contributed by atoms with Crippen molar-refractivity contribution in [1.82, 2.24) is 20.5 Å². The van der Waals surface area contributed by atoms with E-state index in [-0.39, 0.29) is 0 Å². The van der Waals surface area contributed by atoms with Gasteiger partial charge < -0.3 is 4.52 Å². The molecule has 0 atom stereocenters. The lowest BCUT2D eigenvalue weighted by atomic mass is 10.2. The van der Waals surface area contributed by atoms with Crippen molar-refractivity contribution in [3.8, 4) is 22.8 Å². The van der Waals surface area contributed by atoms with Crippen molar-refractivity contribution in [2.24, 2.45) is 0 Å². The van der Waals surface area contributed by atoms with Crippen LogP contribution in [0.3, 0.4) is 0 Å². The van der Waals surface area contributed by atoms with Gasteiger partial charge in [-0.1, -0.05) is 16.8 Å². The highest BCUT2D eigenvalue weighted by molar-refractivity contribution is 6.30. The van der Waals surface area contributed by atoms with E-state index < -0.39 is 0 Å². The normalized spacial score (nSPS) is 11.1. The summed E-state index contributed by atoms with van der Waals surface area (Å²) in [7, 11) is 0. The van der Waals surface area contributed by atoms with Crippen molar-refractivity contribution in [3.63, 3.8) is 0 Å². The van der Waals surface area contributed by atoms with Crippen LogP contribution in [0.4, 0.5) is 0 Å². The molecule has 0 bridgehead atoms. The minimum absolute atomic E-state index is 0.431. The molecule has 0 fully saturated rings. The number of fused-ring (bicyclic) bond motifs is 1. The van der Waals surface area contributed by atoms with Gasteiger partial charge in [0.05, 0.1) is 0 Å². The van der Waals surface area contributed by atoms with Crippen LogP contribution in [0.5, 0.6) is 0 Å². The molecule has 21 heavy (non-hydrogen) atoms. The maximum absolute atomic E-state index is 5.86. The number of rotatable bonds is 2. The monoisotopic (exact) mass is 298 g/mol. The summed E-state index contributed by atoms with van der Waals surface area (Å²) in [5.74, 6) is 0.907. The molecular weight excluding hydrogens is 292 g/mol. The van der Waals surface area contributed by atoms with Gasteiger partial charge in [-0.2, -0.15) is 4.98 Å². The molecule has 0 saturated heterocycles. The average molecular weight is 299 g/mol. The lowest BCUT2D eigenvalue weighted by molar-refractivity contribution is 0.315. The predicted molar refractivity (Wildman–Crippen MR) is 75.5 cm³/mol. The number of hydrogen-bond donors (Lipinski definition) is 0. The largest absolute Gasteiger partial charge is 0.334 e. The lowest BCUT2D eigenvalue weighted by Gasteiger charge is -1.93. The van der Waals surface area contributed by atoms with E-state index in [1.54, 1.807) is 24.3 Å². The zero-order chi connectivity index (χ0) is 14.2. The smallest absolute Gasteiger partial charge is 0.258 e. The first kappa shape index (κ1) is 12.0. The molecule has 6 nitrogen and oxygen atoms in total. The minimum atomic E-state index is 0.431. The van der Waals surface area contributed by atoms with E-state index in [1.807, 2.05) is 18.2 Å². The van der Waals surface area contributed by atoms with Gasteiger partial charge >= 0.3 is 0 Å². The van der Waals surface area contributed by atoms with Crippen LogP contribution in [0.15, 0.2) is 51.6 Å². The maximum atomic E-state index is 5.86. The van der Waals surface area contributed by atoms with Gasteiger partial charge in [-0.3, -0.25) is 0 Å². The highest BCUT2D eigenvalue weighted by Crippen LogP contribution is 2.25. The molecule has 0 unspecified atom stereocenters. The van der Waals surface area contributed by atoms with E-state index in [0.29, 0.717) is 27.8 Å². The second-order valence-corrected chi connectivity index (χ2v) is 4.83. The molecule has 0 radical (unpaired) electrons. The van der Waals surface area contributed by atoms with Crippen molar-refractivity contribution < 1.29 is 9.15 Å². The summed E-state index contributed by atoms with van der Waals surface area (Å²) >= 11 is 5.86. The highest BCUT2D eigenvalue weighted by Gasteiger charge is 2.12. The second kappa shape index (κ2) is 4.68. The molecule has 102 valence electrons. The molecule has 4 aromatic rings. The first-order valence-corrected chi connectivity index (χ1v) is 6.50. The van der Waals surface area contributed by atoms with Crippen LogP contribution in [-0.4, -0.2) is 20.5 Å². The van der Waals surface area contributed by atoms with Crippen molar-refractivity contribution in [1.29, 1.82) is 0 Å². The summed E-state index contributed by atoms with van der Waals surface area (Å²) in [6.07, 6.45) is 0. The van der Waals surface area contributed by atoms with Crippen LogP contribution in [-0.2, 0) is 0 Å². The van der Waals surface area contributed by atoms with Gasteiger partial charge in [0.1, 0.15) is 11.0 Å². The van der Waals surface area contributed by atoms with E-state index in [4.69, 9.17) is 16.1 Å². The number of hydrogen-bond acceptors (Lipinski definition) is 6. The van der Waals surface area contributed by atoms with Crippen LogP contribution in [0, 0.1) is 0 Å². The Hall–Kier alpha value is -2.73. The molecule has 7 heteroatoms. The summed E-state index contributed by atoms with van der Waals surface area (Å²) in [6, 6.07) is 12.6. The first-order chi connectivity index (χ1) is 10.3. The van der Waals surface area contributed by atoms with E-state index in [9.17, 15) is 0 Å². The van der Waals surface area contributed by atoms with Crippen LogP contribution < -0.4 is 0 Å². The number of benzene rings is 2. The van der Waals surface area contributed by atoms with E-state index >= 15 is 0 Å². The zero-order valence-corrected chi connectivity index (χ0v) is 11.3. The summed E-state index contributed by atoms with van der Waals surface area (Å²) in [4.78, 5) is 4.37. The van der Waals surface area contributed by atoms with Crippen molar-refractivity contribution >= 4 is 22.6 Å². The van der Waals surface area contributed by atoms with Gasteiger partial charge in [-0.25, -0.2) is 4.63 Å². The van der Waals surface area contributed by atoms with Crippen molar-refractivity contribution in [2.75, 3.05) is 0 Å². The standard InChI is InChI=1S/C14H7ClN4O2/c15-10-4-1-8(2-5-10)14-16-13(19-20-14)9-3-6-11-12(7-9)18-21-17-11/h1-7H. The topological polar surface area (TPSA) is 77.8 Å². The van der Waals surface area contributed by atoms with Gasteiger partial charge in [0, 0.05) is 16.1 Å². The van der Waals surface area contributed by atoms with Crippen LogP contribution in [0.25, 0.3) is 33.9 Å². The van der Waals surface area contributed by atoms with E-state index in [0.717, 1.165) is 11.1 Å². The Morgan fingerprint density at radius 3 is 2.43 bits per heavy atom. The molecule has 4 rings (SSSR count). The van der Waals surface area contributed by atoms with Gasteiger partial charge in [-0.15, -0.1) is 0 Å². The molecule has 0 aliphatic heterocycles. The summed E-state index contributed by atoms with van der Waals surface area (Å²) in [5.41, 5.74) is 2.91. The lowest BCUT2D eigenvalue weighted by Crippen LogP contribution is -1.82. The molecule has 2 heterocycles. The van der Waals surface area contributed by atoms with Gasteiger partial charge in [0.25, 0.3) is 5.89 Å². The zero-order valence-electron chi connectivity index (χ0n) is 10.5. The summed E-state index contributed by atoms with van der Waals surface area (Å²) < 4.78 is 9.94. The van der Waals surface area contributed by atoms with Gasteiger partial charge in [-0.05, 0) is 52.8 Å². The Kier molecular flexibility index (Phi) is 2.68. The molecule has 0 saturated carbocycles. The molecule has 0 aliphatic carbocycles. The minimum Gasteiger partial charge on any atom is -0.334 e. The number of aromatic nitrogens is 4. The second-order valence-electron chi connectivity index (χ2n) is 4.40. The fraction of sp³-hybridized carbons (Fsp3) is 0. The molecule has 0 N–H and O–H groups in total. The number of halogens is 1. The Morgan fingerprint density at radius 1 is 0.810 bits per heavy atom. The van der Waals surface area contributed by atoms with Gasteiger partial charge in [0.15, 0.2) is 0 Å². The Morgan fingerprint density at radius 2 is 1.57 bits per heavy atom. The third kappa shape index (κ3) is 2.15. The van der Waals surface area contributed by atoms with Crippen molar-refractivity contribution in [2.45, 2.75) is 0 Å². The fourth-order valence-electron chi connectivity index (χ4n) is 1.97. The Labute approximate surface area is 123 Å². The Bertz CT molecular complexity index is 914. The van der Waals surface area contributed by atoms with Crippen LogP contribution in [0.2, 0.25) is 5.02 Å².